The van der Waals surface area contributed by atoms with E-state index in [1.54, 1.807) is 37.1 Å². The number of anilines is 1. The van der Waals surface area contributed by atoms with E-state index < -0.39 is 0 Å². The smallest absolute Gasteiger partial charge is 0.237 e. The Kier molecular flexibility index (Phi) is 7.22. The summed E-state index contributed by atoms with van der Waals surface area (Å²) in [6.07, 6.45) is 4.12. The molecule has 0 saturated carbocycles. The fraction of sp³-hybridized carbons (Fsp3) is 0.211. The molecule has 0 aromatic heterocycles. The van der Waals surface area contributed by atoms with E-state index in [2.05, 4.69) is 17.5 Å². The molecule has 0 radical (unpaired) electrons. The first-order valence-corrected chi connectivity index (χ1v) is 9.00. The van der Waals surface area contributed by atoms with Crippen molar-refractivity contribution in [3.05, 3.63) is 65.2 Å². The number of ether oxygens (including phenoxy) is 1. The Morgan fingerprint density at radius 2 is 2.04 bits per heavy atom. The first-order chi connectivity index (χ1) is 11.6. The first-order valence-electron chi connectivity index (χ1n) is 7.57. The number of hydrogen-bond donors (Lipinski definition) is 1. The van der Waals surface area contributed by atoms with Gasteiger partial charge in [0.15, 0.2) is 0 Å². The highest BCUT2D eigenvalue weighted by Crippen LogP contribution is 2.27. The molecule has 1 amide bonds. The topological polar surface area (TPSA) is 38.3 Å². The molecule has 0 saturated heterocycles. The van der Waals surface area contributed by atoms with Gasteiger partial charge in [0, 0.05) is 11.4 Å². The maximum absolute atomic E-state index is 12.2. The molecule has 0 aliphatic heterocycles. The van der Waals surface area contributed by atoms with Crippen LogP contribution in [0, 0.1) is 0 Å². The van der Waals surface area contributed by atoms with E-state index in [1.165, 1.54) is 0 Å². The fourth-order valence-electron chi connectivity index (χ4n) is 2.01. The number of hydrogen-bond acceptors (Lipinski definition) is 3. The van der Waals surface area contributed by atoms with E-state index in [4.69, 9.17) is 16.3 Å². The molecule has 0 spiro atoms. The fourth-order valence-corrected chi connectivity index (χ4v) is 2.98. The average molecular weight is 362 g/mol. The molecule has 24 heavy (non-hydrogen) atoms. The zero-order valence-electron chi connectivity index (χ0n) is 13.7. The molecule has 126 valence electrons. The zero-order valence-corrected chi connectivity index (χ0v) is 15.2. The minimum Gasteiger partial charge on any atom is -0.495 e. The summed E-state index contributed by atoms with van der Waals surface area (Å²) < 4.78 is 5.10. The summed E-state index contributed by atoms with van der Waals surface area (Å²) in [6, 6.07) is 15.3. The molecule has 2 aromatic rings. The molecule has 0 aliphatic carbocycles. The number of rotatable bonds is 7. The van der Waals surface area contributed by atoms with Crippen LogP contribution in [0.4, 0.5) is 5.69 Å². The van der Waals surface area contributed by atoms with Crippen molar-refractivity contribution in [2.45, 2.75) is 12.2 Å². The van der Waals surface area contributed by atoms with Gasteiger partial charge >= 0.3 is 0 Å². The van der Waals surface area contributed by atoms with E-state index in [1.807, 2.05) is 37.3 Å². The Balaban J connectivity index is 1.81. The van der Waals surface area contributed by atoms with Crippen LogP contribution in [-0.4, -0.2) is 24.0 Å². The predicted octanol–water partition coefficient (Wildman–Crippen LogP) is 5.12. The molecule has 0 fully saturated rings. The highest BCUT2D eigenvalue weighted by atomic mass is 35.5. The molecule has 2 rings (SSSR count). The Hall–Kier alpha value is -1.91. The lowest BCUT2D eigenvalue weighted by Gasteiger charge is -2.12. The van der Waals surface area contributed by atoms with Gasteiger partial charge < -0.3 is 10.1 Å². The zero-order chi connectivity index (χ0) is 17.4. The highest BCUT2D eigenvalue weighted by molar-refractivity contribution is 8.00. The Morgan fingerprint density at radius 3 is 2.71 bits per heavy atom. The second kappa shape index (κ2) is 9.40. The maximum Gasteiger partial charge on any atom is 0.237 e. The quantitative estimate of drug-likeness (QED) is 0.743. The molecule has 0 bridgehead atoms. The van der Waals surface area contributed by atoms with E-state index in [0.717, 1.165) is 11.3 Å². The number of carbonyl (C=O) groups is 1. The molecular formula is C19H20ClNO2S. The van der Waals surface area contributed by atoms with E-state index >= 15 is 0 Å². The Morgan fingerprint density at radius 1 is 1.29 bits per heavy atom. The standard InChI is InChI=1S/C19H20ClNO2S/c1-14(24-12-6-9-15-7-4-3-5-8-15)19(22)21-16-10-11-18(23-2)17(20)13-16/h3-11,13-14H,12H2,1-2H3,(H,21,22)/b9-6+. The van der Waals surface area contributed by atoms with Gasteiger partial charge in [-0.05, 0) is 30.7 Å². The van der Waals surface area contributed by atoms with E-state index in [0.29, 0.717) is 16.5 Å². The van der Waals surface area contributed by atoms with E-state index in [9.17, 15) is 4.79 Å². The van der Waals surface area contributed by atoms with Gasteiger partial charge in [-0.3, -0.25) is 4.79 Å². The average Bonchev–Trinajstić information content (AvgIpc) is 2.59. The maximum atomic E-state index is 12.2. The number of halogens is 1. The lowest BCUT2D eigenvalue weighted by molar-refractivity contribution is -0.115. The van der Waals surface area contributed by atoms with Crippen LogP contribution in [-0.2, 0) is 4.79 Å². The number of nitrogens with one attached hydrogen (secondary N) is 1. The van der Waals surface area contributed by atoms with Crippen molar-refractivity contribution >= 4 is 41.0 Å². The van der Waals surface area contributed by atoms with Crippen LogP contribution in [0.3, 0.4) is 0 Å². The van der Waals surface area contributed by atoms with Gasteiger partial charge in [-0.25, -0.2) is 0 Å². The summed E-state index contributed by atoms with van der Waals surface area (Å²) in [4.78, 5) is 12.2. The molecule has 0 heterocycles. The van der Waals surface area contributed by atoms with Crippen molar-refractivity contribution in [3.63, 3.8) is 0 Å². The molecule has 5 heteroatoms. The van der Waals surface area contributed by atoms with Crippen molar-refractivity contribution in [1.29, 1.82) is 0 Å². The normalized spacial score (nSPS) is 12.1. The minimum atomic E-state index is -0.161. The van der Waals surface area contributed by atoms with Crippen molar-refractivity contribution in [2.75, 3.05) is 18.2 Å². The number of methoxy groups -OCH3 is 1. The second-order valence-electron chi connectivity index (χ2n) is 5.13. The molecule has 0 aliphatic rings. The van der Waals surface area contributed by atoms with Gasteiger partial charge in [-0.2, -0.15) is 0 Å². The molecule has 1 unspecified atom stereocenters. The third-order valence-electron chi connectivity index (χ3n) is 3.34. The third kappa shape index (κ3) is 5.62. The monoisotopic (exact) mass is 361 g/mol. The van der Waals surface area contributed by atoms with Crippen LogP contribution in [0.15, 0.2) is 54.6 Å². The molecule has 2 aromatic carbocycles. The highest BCUT2D eigenvalue weighted by Gasteiger charge is 2.13. The molecular weight excluding hydrogens is 342 g/mol. The number of thioether (sulfide) groups is 1. The van der Waals surface area contributed by atoms with Crippen LogP contribution < -0.4 is 10.1 Å². The molecule has 3 nitrogen and oxygen atoms in total. The first kappa shape index (κ1) is 18.4. The van der Waals surface area contributed by atoms with Gasteiger partial charge in [0.05, 0.1) is 17.4 Å². The SMILES string of the molecule is COc1ccc(NC(=O)C(C)SC/C=C/c2ccccc2)cc1Cl. The summed E-state index contributed by atoms with van der Waals surface area (Å²) in [5.74, 6) is 1.31. The summed E-state index contributed by atoms with van der Waals surface area (Å²) >= 11 is 7.64. The summed E-state index contributed by atoms with van der Waals surface area (Å²) in [5, 5.41) is 3.18. The number of carbonyl (C=O) groups excluding carboxylic acids is 1. The third-order valence-corrected chi connectivity index (χ3v) is 4.74. The van der Waals surface area contributed by atoms with Crippen LogP contribution in [0.25, 0.3) is 6.08 Å². The number of benzene rings is 2. The Bertz CT molecular complexity index is 704. The van der Waals surface area contributed by atoms with Crippen LogP contribution in [0.2, 0.25) is 5.02 Å². The van der Waals surface area contributed by atoms with Crippen LogP contribution in [0.1, 0.15) is 12.5 Å². The van der Waals surface area contributed by atoms with Gasteiger partial charge in [-0.1, -0.05) is 54.1 Å². The summed E-state index contributed by atoms with van der Waals surface area (Å²) in [5.41, 5.74) is 1.82. The number of amides is 1. The van der Waals surface area contributed by atoms with E-state index in [-0.39, 0.29) is 11.2 Å². The van der Waals surface area contributed by atoms with Crippen molar-refractivity contribution in [1.82, 2.24) is 0 Å². The van der Waals surface area contributed by atoms with Gasteiger partial charge in [0.25, 0.3) is 0 Å². The predicted molar refractivity (Wildman–Crippen MR) is 104 cm³/mol. The summed E-state index contributed by atoms with van der Waals surface area (Å²) in [6.45, 7) is 1.89. The molecule has 1 atom stereocenters. The molecule has 1 N–H and O–H groups in total. The van der Waals surface area contributed by atoms with Crippen molar-refractivity contribution < 1.29 is 9.53 Å². The second-order valence-corrected chi connectivity index (χ2v) is 6.91. The van der Waals surface area contributed by atoms with Crippen LogP contribution >= 0.6 is 23.4 Å². The van der Waals surface area contributed by atoms with Gasteiger partial charge in [-0.15, -0.1) is 11.8 Å². The van der Waals surface area contributed by atoms with Crippen LogP contribution in [0.5, 0.6) is 5.75 Å². The minimum absolute atomic E-state index is 0.0469. The van der Waals surface area contributed by atoms with Gasteiger partial charge in [0.2, 0.25) is 5.91 Å². The lowest BCUT2D eigenvalue weighted by Crippen LogP contribution is -2.22. The summed E-state index contributed by atoms with van der Waals surface area (Å²) in [7, 11) is 1.56. The van der Waals surface area contributed by atoms with Crippen molar-refractivity contribution in [2.24, 2.45) is 0 Å². The largest absolute Gasteiger partial charge is 0.495 e. The van der Waals surface area contributed by atoms with Crippen molar-refractivity contribution in [3.8, 4) is 5.75 Å². The van der Waals surface area contributed by atoms with Gasteiger partial charge in [0.1, 0.15) is 5.75 Å². The Labute approximate surface area is 152 Å². The lowest BCUT2D eigenvalue weighted by atomic mass is 10.2.